The number of anilines is 1. The molecule has 1 amide bonds. The highest BCUT2D eigenvalue weighted by atomic mass is 35.5. The number of rotatable bonds is 6. The zero-order valence-corrected chi connectivity index (χ0v) is 19.0. The quantitative estimate of drug-likeness (QED) is 0.314. The van der Waals surface area contributed by atoms with E-state index in [1.54, 1.807) is 80.8 Å². The van der Waals surface area contributed by atoms with Crippen molar-refractivity contribution in [3.63, 3.8) is 0 Å². The molecule has 0 spiro atoms. The Balaban J connectivity index is 1.73. The lowest BCUT2D eigenvalue weighted by Gasteiger charge is -2.17. The highest BCUT2D eigenvalue weighted by Gasteiger charge is 2.20. The van der Waals surface area contributed by atoms with Crippen molar-refractivity contribution in [1.29, 1.82) is 0 Å². The Morgan fingerprint density at radius 1 is 1.09 bits per heavy atom. The molecule has 6 nitrogen and oxygen atoms in total. The van der Waals surface area contributed by atoms with Crippen molar-refractivity contribution in [2.45, 2.75) is 17.3 Å². The normalized spacial score (nSPS) is 11.8. The van der Waals surface area contributed by atoms with E-state index in [4.69, 9.17) is 21.3 Å². The lowest BCUT2D eigenvalue weighted by Crippen LogP contribution is -2.26. The van der Waals surface area contributed by atoms with Gasteiger partial charge in [0.1, 0.15) is 5.75 Å². The van der Waals surface area contributed by atoms with Crippen molar-refractivity contribution >= 4 is 45.9 Å². The van der Waals surface area contributed by atoms with Crippen molar-refractivity contribution in [1.82, 2.24) is 9.55 Å². The maximum Gasteiger partial charge on any atom is 0.266 e. The summed E-state index contributed by atoms with van der Waals surface area (Å²) in [5.41, 5.74) is 1.57. The van der Waals surface area contributed by atoms with Gasteiger partial charge < -0.3 is 10.1 Å². The molecule has 8 heteroatoms. The molecule has 1 atom stereocenters. The van der Waals surface area contributed by atoms with Gasteiger partial charge in [-0.1, -0.05) is 47.6 Å². The molecule has 0 aliphatic carbocycles. The van der Waals surface area contributed by atoms with Gasteiger partial charge in [-0.25, -0.2) is 4.98 Å². The summed E-state index contributed by atoms with van der Waals surface area (Å²) in [6.07, 6.45) is 0. The Labute approximate surface area is 194 Å². The number of carbonyl (C=O) groups is 1. The number of nitrogens with zero attached hydrogens (tertiary/aromatic N) is 2. The Hall–Kier alpha value is -3.29. The topological polar surface area (TPSA) is 73.2 Å². The fraction of sp³-hybridized carbons (Fsp3) is 0.125. The number of hydrogen-bond acceptors (Lipinski definition) is 5. The van der Waals surface area contributed by atoms with E-state index in [1.165, 1.54) is 16.3 Å². The average molecular weight is 466 g/mol. The fourth-order valence-corrected chi connectivity index (χ4v) is 4.31. The number of carbonyl (C=O) groups excluding carboxylic acids is 1. The number of halogens is 1. The molecular formula is C24H20ClN3O3S. The monoisotopic (exact) mass is 465 g/mol. The van der Waals surface area contributed by atoms with E-state index in [9.17, 15) is 9.59 Å². The molecule has 1 heterocycles. The molecule has 1 N–H and O–H groups in total. The van der Waals surface area contributed by atoms with Gasteiger partial charge in [-0.2, -0.15) is 0 Å². The Bertz CT molecular complexity index is 1360. The van der Waals surface area contributed by atoms with Crippen LogP contribution in [0.15, 0.2) is 82.7 Å². The summed E-state index contributed by atoms with van der Waals surface area (Å²) < 4.78 is 6.83. The van der Waals surface area contributed by atoms with Gasteiger partial charge >= 0.3 is 0 Å². The van der Waals surface area contributed by atoms with E-state index < -0.39 is 5.25 Å². The highest BCUT2D eigenvalue weighted by Crippen LogP contribution is 2.27. The second kappa shape index (κ2) is 9.46. The standard InChI is InChI=1S/C24H20ClN3O3S/c1-15(22(29)26-17-8-5-7-16(25)13-17)32-24-27-21-12-4-3-11-20(21)23(30)28(24)18-9-6-10-19(14-18)31-2/h3-15H,1-2H3,(H,26,29). The van der Waals surface area contributed by atoms with E-state index >= 15 is 0 Å². The molecule has 1 aromatic heterocycles. The molecule has 1 unspecified atom stereocenters. The number of hydrogen-bond donors (Lipinski definition) is 1. The SMILES string of the molecule is COc1cccc(-n2c(SC(C)C(=O)Nc3cccc(Cl)c3)nc3ccccc3c2=O)c1. The van der Waals surface area contributed by atoms with E-state index in [-0.39, 0.29) is 11.5 Å². The van der Waals surface area contributed by atoms with Crippen LogP contribution < -0.4 is 15.6 Å². The molecule has 0 saturated carbocycles. The maximum atomic E-state index is 13.4. The van der Waals surface area contributed by atoms with Crippen molar-refractivity contribution in [3.05, 3.63) is 88.2 Å². The number of fused-ring (bicyclic) bond motifs is 1. The second-order valence-corrected chi connectivity index (χ2v) is 8.76. The van der Waals surface area contributed by atoms with Crippen LogP contribution in [0.1, 0.15) is 6.92 Å². The molecule has 162 valence electrons. The zero-order chi connectivity index (χ0) is 22.7. The molecule has 4 aromatic rings. The lowest BCUT2D eigenvalue weighted by molar-refractivity contribution is -0.115. The van der Waals surface area contributed by atoms with Crippen LogP contribution in [0.2, 0.25) is 5.02 Å². The van der Waals surface area contributed by atoms with Gasteiger partial charge in [-0.15, -0.1) is 0 Å². The van der Waals surface area contributed by atoms with E-state index in [0.29, 0.717) is 38.2 Å². The molecule has 0 fully saturated rings. The largest absolute Gasteiger partial charge is 0.497 e. The van der Waals surface area contributed by atoms with Crippen molar-refractivity contribution < 1.29 is 9.53 Å². The van der Waals surface area contributed by atoms with Crippen molar-refractivity contribution in [2.24, 2.45) is 0 Å². The molecule has 3 aromatic carbocycles. The average Bonchev–Trinajstić information content (AvgIpc) is 2.79. The number of thioether (sulfide) groups is 1. The molecule has 0 saturated heterocycles. The van der Waals surface area contributed by atoms with E-state index in [0.717, 1.165) is 0 Å². The third kappa shape index (κ3) is 4.64. The minimum Gasteiger partial charge on any atom is -0.497 e. The number of benzene rings is 3. The first kappa shape index (κ1) is 21.9. The first-order chi connectivity index (χ1) is 15.5. The number of aromatic nitrogens is 2. The number of methoxy groups -OCH3 is 1. The number of para-hydroxylation sites is 1. The van der Waals surface area contributed by atoms with Gasteiger partial charge in [-0.3, -0.25) is 14.2 Å². The van der Waals surface area contributed by atoms with Gasteiger partial charge in [0, 0.05) is 16.8 Å². The molecule has 4 rings (SSSR count). The summed E-state index contributed by atoms with van der Waals surface area (Å²) in [7, 11) is 1.57. The molecule has 0 aliphatic heterocycles. The van der Waals surface area contributed by atoms with Gasteiger partial charge in [-0.05, 0) is 49.4 Å². The lowest BCUT2D eigenvalue weighted by atomic mass is 10.2. The van der Waals surface area contributed by atoms with Crippen molar-refractivity contribution in [2.75, 3.05) is 12.4 Å². The summed E-state index contributed by atoms with van der Waals surface area (Å²) >= 11 is 7.21. The molecular weight excluding hydrogens is 446 g/mol. The van der Waals surface area contributed by atoms with Gasteiger partial charge in [0.25, 0.3) is 5.56 Å². The molecule has 0 aliphatic rings. The third-order valence-electron chi connectivity index (χ3n) is 4.80. The predicted molar refractivity (Wildman–Crippen MR) is 129 cm³/mol. The summed E-state index contributed by atoms with van der Waals surface area (Å²) in [6.45, 7) is 1.77. The molecule has 32 heavy (non-hydrogen) atoms. The van der Waals surface area contributed by atoms with Gasteiger partial charge in [0.2, 0.25) is 5.91 Å². The van der Waals surface area contributed by atoms with Crippen LogP contribution >= 0.6 is 23.4 Å². The fourth-order valence-electron chi connectivity index (χ4n) is 3.19. The van der Waals surface area contributed by atoms with Crippen LogP contribution in [-0.2, 0) is 4.79 Å². The summed E-state index contributed by atoms with van der Waals surface area (Å²) in [4.78, 5) is 30.9. The molecule has 0 bridgehead atoms. The number of ether oxygens (including phenoxy) is 1. The Morgan fingerprint density at radius 3 is 2.66 bits per heavy atom. The predicted octanol–water partition coefficient (Wildman–Crippen LogP) is 5.17. The molecule has 0 radical (unpaired) electrons. The Kier molecular flexibility index (Phi) is 6.48. The van der Waals surface area contributed by atoms with Crippen LogP contribution in [0.25, 0.3) is 16.6 Å². The van der Waals surface area contributed by atoms with E-state index in [2.05, 4.69) is 5.32 Å². The number of nitrogens with one attached hydrogen (secondary N) is 1. The van der Waals surface area contributed by atoms with Crippen LogP contribution in [0.3, 0.4) is 0 Å². The van der Waals surface area contributed by atoms with Crippen LogP contribution in [0, 0.1) is 0 Å². The van der Waals surface area contributed by atoms with Crippen LogP contribution in [0.4, 0.5) is 5.69 Å². The van der Waals surface area contributed by atoms with Crippen LogP contribution in [0.5, 0.6) is 5.75 Å². The van der Waals surface area contributed by atoms with Crippen molar-refractivity contribution in [3.8, 4) is 11.4 Å². The van der Waals surface area contributed by atoms with Crippen LogP contribution in [-0.4, -0.2) is 27.8 Å². The zero-order valence-electron chi connectivity index (χ0n) is 17.4. The van der Waals surface area contributed by atoms with Gasteiger partial charge in [0.05, 0.1) is 29.0 Å². The summed E-state index contributed by atoms with van der Waals surface area (Å²) in [6, 6.07) is 21.3. The highest BCUT2D eigenvalue weighted by molar-refractivity contribution is 8.00. The third-order valence-corrected chi connectivity index (χ3v) is 6.09. The first-order valence-electron chi connectivity index (χ1n) is 9.85. The summed E-state index contributed by atoms with van der Waals surface area (Å²) in [5, 5.41) is 3.77. The minimum atomic E-state index is -0.529. The van der Waals surface area contributed by atoms with E-state index in [1.807, 2.05) is 6.07 Å². The second-order valence-electron chi connectivity index (χ2n) is 7.01. The van der Waals surface area contributed by atoms with Gasteiger partial charge in [0.15, 0.2) is 5.16 Å². The smallest absolute Gasteiger partial charge is 0.266 e. The number of amides is 1. The minimum absolute atomic E-state index is 0.214. The first-order valence-corrected chi connectivity index (χ1v) is 11.1. The Morgan fingerprint density at radius 2 is 1.88 bits per heavy atom. The maximum absolute atomic E-state index is 13.4. The summed E-state index contributed by atoms with van der Waals surface area (Å²) in [5.74, 6) is 0.391.